The van der Waals surface area contributed by atoms with Gasteiger partial charge in [0.05, 0.1) is 27.4 Å². The molecule has 2 heterocycles. The van der Waals surface area contributed by atoms with Gasteiger partial charge < -0.3 is 5.73 Å². The van der Waals surface area contributed by atoms with E-state index >= 15 is 0 Å². The zero-order valence-electron chi connectivity index (χ0n) is 10.6. The van der Waals surface area contributed by atoms with Crippen molar-refractivity contribution in [3.05, 3.63) is 15.9 Å². The first-order valence-corrected chi connectivity index (χ1v) is 8.48. The van der Waals surface area contributed by atoms with E-state index in [2.05, 4.69) is 21.0 Å². The van der Waals surface area contributed by atoms with Gasteiger partial charge in [-0.15, -0.1) is 0 Å². The van der Waals surface area contributed by atoms with Crippen LogP contribution in [0, 0.1) is 12.3 Å². The second-order valence-corrected chi connectivity index (χ2v) is 8.17. The maximum atomic E-state index is 11.7. The Balaban J connectivity index is 2.32. The highest BCUT2D eigenvalue weighted by Crippen LogP contribution is 2.37. The Labute approximate surface area is 116 Å². The minimum atomic E-state index is -2.93. The maximum Gasteiger partial charge on any atom is 0.150 e. The summed E-state index contributed by atoms with van der Waals surface area (Å²) in [6, 6.07) is 0. The predicted molar refractivity (Wildman–Crippen MR) is 74.1 cm³/mol. The van der Waals surface area contributed by atoms with E-state index in [1.54, 1.807) is 0 Å². The molecule has 0 amide bonds. The second kappa shape index (κ2) is 4.61. The minimum Gasteiger partial charge on any atom is -0.330 e. The average Bonchev–Trinajstić information content (AvgIpc) is 2.72. The van der Waals surface area contributed by atoms with E-state index in [9.17, 15) is 8.42 Å². The van der Waals surface area contributed by atoms with E-state index in [4.69, 9.17) is 5.73 Å². The van der Waals surface area contributed by atoms with Gasteiger partial charge in [-0.3, -0.25) is 4.68 Å². The van der Waals surface area contributed by atoms with Gasteiger partial charge in [-0.25, -0.2) is 8.42 Å². The summed E-state index contributed by atoms with van der Waals surface area (Å²) in [6.07, 6.45) is 1.29. The SMILES string of the molecule is Cc1nn(C)c(CC2(CN)CCS(=O)(=O)C2)c1Br. The van der Waals surface area contributed by atoms with Crippen LogP contribution in [0.15, 0.2) is 4.47 Å². The number of nitrogens with two attached hydrogens (primary N) is 1. The molecule has 1 unspecified atom stereocenters. The van der Waals surface area contributed by atoms with E-state index in [0.29, 0.717) is 19.4 Å². The molecule has 2 rings (SSSR count). The van der Waals surface area contributed by atoms with Gasteiger partial charge in [-0.1, -0.05) is 0 Å². The highest BCUT2D eigenvalue weighted by molar-refractivity contribution is 9.10. The molecule has 1 aromatic heterocycles. The molecule has 1 aromatic rings. The summed E-state index contributed by atoms with van der Waals surface area (Å²) in [6.45, 7) is 2.32. The number of halogens is 1. The van der Waals surface area contributed by atoms with Crippen LogP contribution in [-0.2, 0) is 23.3 Å². The fraction of sp³-hybridized carbons (Fsp3) is 0.727. The van der Waals surface area contributed by atoms with Gasteiger partial charge >= 0.3 is 0 Å². The third-order valence-corrected chi connectivity index (χ3v) is 6.62. The molecule has 0 spiro atoms. The third kappa shape index (κ3) is 2.48. The van der Waals surface area contributed by atoms with Crippen molar-refractivity contribution in [3.8, 4) is 0 Å². The number of rotatable bonds is 3. The van der Waals surface area contributed by atoms with Gasteiger partial charge in [-0.2, -0.15) is 5.10 Å². The van der Waals surface area contributed by atoms with Crippen LogP contribution < -0.4 is 5.73 Å². The van der Waals surface area contributed by atoms with Crippen LogP contribution >= 0.6 is 15.9 Å². The van der Waals surface area contributed by atoms with Crippen molar-refractivity contribution in [2.75, 3.05) is 18.1 Å². The molecule has 0 aliphatic carbocycles. The lowest BCUT2D eigenvalue weighted by atomic mass is 9.83. The number of nitrogens with zero attached hydrogens (tertiary/aromatic N) is 2. The first-order chi connectivity index (χ1) is 8.29. The molecule has 1 fully saturated rings. The Hall–Kier alpha value is -0.400. The lowest BCUT2D eigenvalue weighted by Gasteiger charge is -2.25. The summed E-state index contributed by atoms with van der Waals surface area (Å²) in [7, 11) is -1.05. The molecule has 1 aliphatic heterocycles. The number of aryl methyl sites for hydroxylation is 2. The van der Waals surface area contributed by atoms with Gasteiger partial charge in [-0.05, 0) is 42.2 Å². The molecule has 0 radical (unpaired) electrons. The largest absolute Gasteiger partial charge is 0.330 e. The Bertz CT molecular complexity index is 567. The standard InChI is InChI=1S/C11H18BrN3O2S/c1-8-10(12)9(15(2)14-8)5-11(6-13)3-4-18(16,17)7-11/h3-7,13H2,1-2H3. The van der Waals surface area contributed by atoms with E-state index in [1.165, 1.54) is 0 Å². The number of aromatic nitrogens is 2. The molecule has 5 nitrogen and oxygen atoms in total. The number of sulfone groups is 1. The first kappa shape index (κ1) is 14.0. The number of hydrogen-bond acceptors (Lipinski definition) is 4. The Morgan fingerprint density at radius 2 is 2.22 bits per heavy atom. The zero-order valence-corrected chi connectivity index (χ0v) is 13.0. The molecule has 7 heteroatoms. The summed E-state index contributed by atoms with van der Waals surface area (Å²) in [5, 5.41) is 4.33. The molecule has 0 bridgehead atoms. The molecule has 1 saturated heterocycles. The summed E-state index contributed by atoms with van der Waals surface area (Å²) < 4.78 is 26.1. The molecular formula is C11H18BrN3O2S. The smallest absolute Gasteiger partial charge is 0.150 e. The van der Waals surface area contributed by atoms with Gasteiger partial charge in [0.2, 0.25) is 0 Å². The van der Waals surface area contributed by atoms with Gasteiger partial charge in [0.15, 0.2) is 9.84 Å². The molecule has 102 valence electrons. The number of hydrogen-bond donors (Lipinski definition) is 1. The Morgan fingerprint density at radius 3 is 2.61 bits per heavy atom. The van der Waals surface area contributed by atoms with Crippen molar-refractivity contribution in [3.63, 3.8) is 0 Å². The van der Waals surface area contributed by atoms with Gasteiger partial charge in [0.25, 0.3) is 0 Å². The lowest BCUT2D eigenvalue weighted by molar-refractivity contribution is 0.335. The van der Waals surface area contributed by atoms with Crippen molar-refractivity contribution in [2.45, 2.75) is 19.8 Å². The fourth-order valence-electron chi connectivity index (χ4n) is 2.58. The van der Waals surface area contributed by atoms with Gasteiger partial charge in [0, 0.05) is 12.5 Å². The molecule has 18 heavy (non-hydrogen) atoms. The van der Waals surface area contributed by atoms with Crippen LogP contribution in [0.4, 0.5) is 0 Å². The second-order valence-electron chi connectivity index (χ2n) is 5.19. The molecular weight excluding hydrogens is 318 g/mol. The Morgan fingerprint density at radius 1 is 1.56 bits per heavy atom. The average molecular weight is 336 g/mol. The van der Waals surface area contributed by atoms with E-state index in [-0.39, 0.29) is 16.9 Å². The zero-order chi connectivity index (χ0) is 13.6. The first-order valence-electron chi connectivity index (χ1n) is 5.87. The van der Waals surface area contributed by atoms with Crippen LogP contribution in [0.25, 0.3) is 0 Å². The third-order valence-electron chi connectivity index (χ3n) is 3.71. The van der Waals surface area contributed by atoms with Crippen LogP contribution in [0.2, 0.25) is 0 Å². The van der Waals surface area contributed by atoms with Crippen LogP contribution in [0.3, 0.4) is 0 Å². The fourth-order valence-corrected chi connectivity index (χ4v) is 5.24. The van der Waals surface area contributed by atoms with Crippen LogP contribution in [0.1, 0.15) is 17.8 Å². The summed E-state index contributed by atoms with van der Waals surface area (Å²) in [5.74, 6) is 0.436. The molecule has 1 atom stereocenters. The van der Waals surface area contributed by atoms with Crippen LogP contribution in [0.5, 0.6) is 0 Å². The summed E-state index contributed by atoms with van der Waals surface area (Å²) >= 11 is 3.52. The summed E-state index contributed by atoms with van der Waals surface area (Å²) in [4.78, 5) is 0. The van der Waals surface area contributed by atoms with Crippen molar-refractivity contribution in [1.82, 2.24) is 9.78 Å². The molecule has 2 N–H and O–H groups in total. The minimum absolute atomic E-state index is 0.188. The highest BCUT2D eigenvalue weighted by Gasteiger charge is 2.42. The van der Waals surface area contributed by atoms with Crippen LogP contribution in [-0.4, -0.2) is 36.2 Å². The van der Waals surface area contributed by atoms with Crippen molar-refractivity contribution >= 4 is 25.8 Å². The quantitative estimate of drug-likeness (QED) is 0.886. The van der Waals surface area contributed by atoms with E-state index in [1.807, 2.05) is 18.7 Å². The predicted octanol–water partition coefficient (Wildman–Crippen LogP) is 0.797. The highest BCUT2D eigenvalue weighted by atomic mass is 79.9. The monoisotopic (exact) mass is 335 g/mol. The van der Waals surface area contributed by atoms with Crippen molar-refractivity contribution in [1.29, 1.82) is 0 Å². The van der Waals surface area contributed by atoms with Crippen molar-refractivity contribution in [2.24, 2.45) is 18.2 Å². The van der Waals surface area contributed by atoms with Gasteiger partial charge in [0.1, 0.15) is 0 Å². The lowest BCUT2D eigenvalue weighted by Crippen LogP contribution is -2.34. The van der Waals surface area contributed by atoms with E-state index < -0.39 is 9.84 Å². The normalized spacial score (nSPS) is 26.7. The summed E-state index contributed by atoms with van der Waals surface area (Å²) in [5.41, 5.74) is 7.44. The topological polar surface area (TPSA) is 78.0 Å². The van der Waals surface area contributed by atoms with Crippen molar-refractivity contribution < 1.29 is 8.42 Å². The molecule has 0 saturated carbocycles. The van der Waals surface area contributed by atoms with E-state index in [0.717, 1.165) is 15.9 Å². The molecule has 0 aromatic carbocycles. The molecule has 1 aliphatic rings. The maximum absolute atomic E-state index is 11.7. The Kier molecular flexibility index (Phi) is 3.59.